The lowest BCUT2D eigenvalue weighted by Gasteiger charge is -2.24. The van der Waals surface area contributed by atoms with Gasteiger partial charge in [-0.2, -0.15) is 5.10 Å². The molecule has 5 rings (SSSR count). The van der Waals surface area contributed by atoms with Gasteiger partial charge in [-0.15, -0.1) is 0 Å². The van der Waals surface area contributed by atoms with Gasteiger partial charge in [0.2, 0.25) is 0 Å². The lowest BCUT2D eigenvalue weighted by molar-refractivity contribution is 0.0288. The number of aromatic nitrogens is 3. The molecule has 4 aromatic rings. The molecule has 4 N–H and O–H groups in total. The van der Waals surface area contributed by atoms with Gasteiger partial charge in [-0.1, -0.05) is 48.5 Å². The SMILES string of the molecule is CC(C)(C)OC(=O)N1CCC(n2nc(-c3ccc4ccc(-c5ccccc5)nc4c3)c(C(N)=O)c2N)C1. The Morgan fingerprint density at radius 2 is 1.76 bits per heavy atom. The Hall–Kier alpha value is -4.40. The second kappa shape index (κ2) is 9.24. The highest BCUT2D eigenvalue weighted by Crippen LogP contribution is 2.34. The Morgan fingerprint density at radius 3 is 2.46 bits per heavy atom. The Labute approximate surface area is 215 Å². The first-order valence-electron chi connectivity index (χ1n) is 12.2. The van der Waals surface area contributed by atoms with Crippen LogP contribution in [-0.2, 0) is 4.74 Å². The van der Waals surface area contributed by atoms with Crippen molar-refractivity contribution in [1.29, 1.82) is 0 Å². The maximum absolute atomic E-state index is 12.5. The summed E-state index contributed by atoms with van der Waals surface area (Å²) < 4.78 is 7.11. The lowest BCUT2D eigenvalue weighted by atomic mass is 10.0. The molecule has 0 saturated carbocycles. The summed E-state index contributed by atoms with van der Waals surface area (Å²) in [6.07, 6.45) is 0.244. The molecule has 0 bridgehead atoms. The van der Waals surface area contributed by atoms with Crippen molar-refractivity contribution in [3.8, 4) is 22.5 Å². The van der Waals surface area contributed by atoms with E-state index in [0.29, 0.717) is 30.8 Å². The molecule has 0 radical (unpaired) electrons. The number of anilines is 1. The zero-order chi connectivity index (χ0) is 26.3. The predicted molar refractivity (Wildman–Crippen MR) is 143 cm³/mol. The molecule has 1 unspecified atom stereocenters. The first kappa shape index (κ1) is 24.3. The third-order valence-electron chi connectivity index (χ3n) is 6.39. The summed E-state index contributed by atoms with van der Waals surface area (Å²) in [4.78, 5) is 31.5. The van der Waals surface area contributed by atoms with Crippen molar-refractivity contribution in [1.82, 2.24) is 19.7 Å². The third-order valence-corrected chi connectivity index (χ3v) is 6.39. The number of likely N-dealkylation sites (tertiary alicyclic amines) is 1. The molecule has 37 heavy (non-hydrogen) atoms. The summed E-state index contributed by atoms with van der Waals surface area (Å²) in [5, 5.41) is 5.68. The molecule has 1 fully saturated rings. The molecule has 1 atom stereocenters. The van der Waals surface area contributed by atoms with Gasteiger partial charge in [0.25, 0.3) is 5.91 Å². The number of nitrogens with two attached hydrogens (primary N) is 2. The molecule has 1 aliphatic rings. The first-order valence-corrected chi connectivity index (χ1v) is 12.2. The van der Waals surface area contributed by atoms with Crippen molar-refractivity contribution >= 4 is 28.7 Å². The number of nitrogen functional groups attached to an aromatic ring is 1. The van der Waals surface area contributed by atoms with E-state index in [0.717, 1.165) is 22.2 Å². The van der Waals surface area contributed by atoms with Gasteiger partial charge in [0, 0.05) is 29.6 Å². The van der Waals surface area contributed by atoms with Gasteiger partial charge in [-0.05, 0) is 39.3 Å². The number of amides is 2. The molecule has 2 aromatic carbocycles. The lowest BCUT2D eigenvalue weighted by Crippen LogP contribution is -2.35. The van der Waals surface area contributed by atoms with E-state index in [-0.39, 0.29) is 23.5 Å². The van der Waals surface area contributed by atoms with Crippen LogP contribution in [0.25, 0.3) is 33.4 Å². The van der Waals surface area contributed by atoms with Crippen molar-refractivity contribution in [2.24, 2.45) is 5.73 Å². The summed E-state index contributed by atoms with van der Waals surface area (Å²) in [7, 11) is 0. The first-order chi connectivity index (χ1) is 17.6. The van der Waals surface area contributed by atoms with E-state index in [9.17, 15) is 9.59 Å². The average molecular weight is 499 g/mol. The van der Waals surface area contributed by atoms with Crippen LogP contribution in [-0.4, -0.2) is 50.4 Å². The van der Waals surface area contributed by atoms with Crippen LogP contribution in [0.4, 0.5) is 10.6 Å². The van der Waals surface area contributed by atoms with Gasteiger partial charge >= 0.3 is 6.09 Å². The number of hydrogen-bond donors (Lipinski definition) is 2. The number of carbonyl (C=O) groups excluding carboxylic acids is 2. The minimum absolute atomic E-state index is 0.161. The average Bonchev–Trinajstić information content (AvgIpc) is 3.48. The van der Waals surface area contributed by atoms with Gasteiger partial charge in [0.05, 0.1) is 17.3 Å². The van der Waals surface area contributed by atoms with E-state index >= 15 is 0 Å². The monoisotopic (exact) mass is 498 g/mol. The van der Waals surface area contributed by atoms with Crippen molar-refractivity contribution in [2.75, 3.05) is 18.8 Å². The van der Waals surface area contributed by atoms with E-state index in [1.807, 2.05) is 81.4 Å². The number of nitrogens with zero attached hydrogens (tertiary/aromatic N) is 4. The molecule has 2 aromatic heterocycles. The molecule has 9 heteroatoms. The molecular formula is C28H30N6O3. The number of fused-ring (bicyclic) bond motifs is 1. The summed E-state index contributed by atoms with van der Waals surface area (Å²) >= 11 is 0. The smallest absolute Gasteiger partial charge is 0.410 e. The Bertz CT molecular complexity index is 1490. The van der Waals surface area contributed by atoms with E-state index < -0.39 is 11.5 Å². The molecule has 1 saturated heterocycles. The highest BCUT2D eigenvalue weighted by atomic mass is 16.6. The van der Waals surface area contributed by atoms with Crippen LogP contribution in [0.1, 0.15) is 43.6 Å². The number of pyridine rings is 1. The number of primary amides is 1. The highest BCUT2D eigenvalue weighted by molar-refractivity contribution is 6.04. The summed E-state index contributed by atoms with van der Waals surface area (Å²) in [5.74, 6) is -0.475. The van der Waals surface area contributed by atoms with Crippen LogP contribution >= 0.6 is 0 Å². The fourth-order valence-electron chi connectivity index (χ4n) is 4.64. The number of hydrogen-bond acceptors (Lipinski definition) is 6. The molecular weight excluding hydrogens is 468 g/mol. The number of benzene rings is 2. The van der Waals surface area contributed by atoms with Crippen molar-refractivity contribution in [3.05, 3.63) is 66.2 Å². The van der Waals surface area contributed by atoms with Crippen LogP contribution in [0, 0.1) is 0 Å². The topological polar surface area (TPSA) is 129 Å². The van der Waals surface area contributed by atoms with E-state index in [2.05, 4.69) is 0 Å². The zero-order valence-electron chi connectivity index (χ0n) is 21.1. The fourth-order valence-corrected chi connectivity index (χ4v) is 4.64. The number of carbonyl (C=O) groups is 2. The molecule has 190 valence electrons. The normalized spacial score (nSPS) is 15.8. The van der Waals surface area contributed by atoms with Crippen LogP contribution < -0.4 is 11.5 Å². The zero-order valence-corrected chi connectivity index (χ0v) is 21.1. The number of ether oxygens (including phenoxy) is 1. The van der Waals surface area contributed by atoms with E-state index in [1.54, 1.807) is 9.58 Å². The summed E-state index contributed by atoms with van der Waals surface area (Å²) in [5.41, 5.74) is 15.4. The minimum Gasteiger partial charge on any atom is -0.444 e. The van der Waals surface area contributed by atoms with Crippen LogP contribution in [0.2, 0.25) is 0 Å². The van der Waals surface area contributed by atoms with Crippen LogP contribution in [0.3, 0.4) is 0 Å². The van der Waals surface area contributed by atoms with E-state index in [4.69, 9.17) is 26.3 Å². The quantitative estimate of drug-likeness (QED) is 0.422. The number of rotatable bonds is 4. The van der Waals surface area contributed by atoms with Gasteiger partial charge in [0.1, 0.15) is 22.7 Å². The summed E-state index contributed by atoms with van der Waals surface area (Å²) in [6.45, 7) is 6.37. The molecule has 9 nitrogen and oxygen atoms in total. The minimum atomic E-state index is -0.660. The Balaban J connectivity index is 1.50. The standard InChI is InChI=1S/C28H30N6O3/c1-28(2,3)37-27(36)33-14-13-20(16-33)34-25(29)23(26(30)35)24(32-34)19-10-9-18-11-12-21(31-22(18)15-19)17-7-5-4-6-8-17/h4-12,15,20H,13-14,16,29H2,1-3H3,(H2,30,35). The van der Waals surface area contributed by atoms with Crippen molar-refractivity contribution in [2.45, 2.75) is 38.8 Å². The van der Waals surface area contributed by atoms with Crippen LogP contribution in [0.15, 0.2) is 60.7 Å². The maximum atomic E-state index is 12.5. The van der Waals surface area contributed by atoms with Gasteiger partial charge in [-0.25, -0.2) is 14.5 Å². The van der Waals surface area contributed by atoms with Gasteiger partial charge in [0.15, 0.2) is 0 Å². The predicted octanol–water partition coefficient (Wildman–Crippen LogP) is 4.63. The van der Waals surface area contributed by atoms with Gasteiger partial charge < -0.3 is 21.1 Å². The van der Waals surface area contributed by atoms with E-state index in [1.165, 1.54) is 0 Å². The fraction of sp³-hybridized carbons (Fsp3) is 0.286. The highest BCUT2D eigenvalue weighted by Gasteiger charge is 2.34. The van der Waals surface area contributed by atoms with Crippen molar-refractivity contribution in [3.63, 3.8) is 0 Å². The Kier molecular flexibility index (Phi) is 6.07. The molecule has 1 aliphatic heterocycles. The molecule has 2 amide bonds. The molecule has 0 aliphatic carbocycles. The van der Waals surface area contributed by atoms with Crippen LogP contribution in [0.5, 0.6) is 0 Å². The maximum Gasteiger partial charge on any atom is 0.410 e. The molecule has 0 spiro atoms. The Morgan fingerprint density at radius 1 is 1.03 bits per heavy atom. The molecule has 3 heterocycles. The third kappa shape index (κ3) is 4.84. The van der Waals surface area contributed by atoms with Gasteiger partial charge in [-0.3, -0.25) is 4.79 Å². The second-order valence-electron chi connectivity index (χ2n) is 10.3. The largest absolute Gasteiger partial charge is 0.444 e. The van der Waals surface area contributed by atoms with Crippen molar-refractivity contribution < 1.29 is 14.3 Å². The second-order valence-corrected chi connectivity index (χ2v) is 10.3. The summed E-state index contributed by atoms with van der Waals surface area (Å²) in [6, 6.07) is 19.4.